The van der Waals surface area contributed by atoms with Gasteiger partial charge in [0.1, 0.15) is 10.7 Å². The van der Waals surface area contributed by atoms with E-state index >= 15 is 0 Å². The molecular weight excluding hydrogens is 252 g/mol. The van der Waals surface area contributed by atoms with Crippen LogP contribution in [0.4, 0.5) is 11.5 Å². The van der Waals surface area contributed by atoms with E-state index in [1.165, 1.54) is 18.5 Å². The molecule has 96 valence electrons. The van der Waals surface area contributed by atoms with Crippen molar-refractivity contribution in [2.24, 2.45) is 0 Å². The molecule has 0 amide bonds. The van der Waals surface area contributed by atoms with Crippen LogP contribution in [0.25, 0.3) is 0 Å². The Morgan fingerprint density at radius 2 is 2.17 bits per heavy atom. The summed E-state index contributed by atoms with van der Waals surface area (Å²) >= 11 is 0. The highest BCUT2D eigenvalue weighted by Crippen LogP contribution is 2.15. The molecule has 6 nitrogen and oxygen atoms in total. The first kappa shape index (κ1) is 12.4. The van der Waals surface area contributed by atoms with Crippen molar-refractivity contribution < 1.29 is 8.42 Å². The Bertz CT molecular complexity index is 590. The van der Waals surface area contributed by atoms with Crippen LogP contribution < -0.4 is 10.0 Å². The smallest absolute Gasteiger partial charge is 0.263 e. The monoisotopic (exact) mass is 266 g/mol. The Labute approximate surface area is 106 Å². The highest BCUT2D eigenvalue weighted by molar-refractivity contribution is 7.92. The molecule has 0 spiro atoms. The van der Waals surface area contributed by atoms with E-state index in [0.717, 1.165) is 6.54 Å². The van der Waals surface area contributed by atoms with E-state index in [1.807, 2.05) is 6.92 Å². The van der Waals surface area contributed by atoms with Gasteiger partial charge in [0.15, 0.2) is 0 Å². The van der Waals surface area contributed by atoms with Crippen LogP contribution in [0.5, 0.6) is 0 Å². The van der Waals surface area contributed by atoms with Crippen molar-refractivity contribution in [1.29, 1.82) is 0 Å². The molecule has 0 saturated heterocycles. The van der Waals surface area contributed by atoms with Crippen molar-refractivity contribution in [2.45, 2.75) is 11.8 Å². The average Bonchev–Trinajstić information content (AvgIpc) is 2.86. The zero-order valence-electron chi connectivity index (χ0n) is 9.84. The van der Waals surface area contributed by atoms with Gasteiger partial charge in [-0.25, -0.2) is 13.4 Å². The number of pyridine rings is 1. The largest absolute Gasteiger partial charge is 0.370 e. The number of nitrogens with one attached hydrogen (secondary N) is 3. The molecule has 0 atom stereocenters. The Morgan fingerprint density at radius 1 is 1.33 bits per heavy atom. The fourth-order valence-corrected chi connectivity index (χ4v) is 2.45. The number of rotatable bonds is 5. The predicted molar refractivity (Wildman–Crippen MR) is 70.0 cm³/mol. The van der Waals surface area contributed by atoms with Crippen LogP contribution in [0.15, 0.2) is 41.7 Å². The molecule has 0 aliphatic heterocycles. The van der Waals surface area contributed by atoms with Gasteiger partial charge in [0.25, 0.3) is 10.0 Å². The van der Waals surface area contributed by atoms with Crippen LogP contribution in [-0.2, 0) is 10.0 Å². The van der Waals surface area contributed by atoms with E-state index in [2.05, 4.69) is 20.0 Å². The van der Waals surface area contributed by atoms with Crippen LogP contribution in [0.1, 0.15) is 6.92 Å². The summed E-state index contributed by atoms with van der Waals surface area (Å²) in [6, 6.07) is 4.87. The van der Waals surface area contributed by atoms with Crippen molar-refractivity contribution in [3.63, 3.8) is 0 Å². The standard InChI is InChI=1S/C11H14N4O2S/c1-2-13-11-4-3-9(7-14-11)15-18(16,17)10-5-6-12-8-10/h3-8,12,15H,2H2,1H3,(H,13,14). The highest BCUT2D eigenvalue weighted by Gasteiger charge is 2.14. The van der Waals surface area contributed by atoms with Crippen LogP contribution in [0.2, 0.25) is 0 Å². The van der Waals surface area contributed by atoms with Gasteiger partial charge in [-0.15, -0.1) is 0 Å². The summed E-state index contributed by atoms with van der Waals surface area (Å²) in [6.45, 7) is 2.73. The van der Waals surface area contributed by atoms with Crippen LogP contribution >= 0.6 is 0 Å². The topological polar surface area (TPSA) is 86.9 Å². The molecule has 0 saturated carbocycles. The number of hydrogen-bond donors (Lipinski definition) is 3. The predicted octanol–water partition coefficient (Wildman–Crippen LogP) is 1.64. The molecule has 0 aliphatic carbocycles. The van der Waals surface area contributed by atoms with Gasteiger partial charge in [0.2, 0.25) is 0 Å². The number of hydrogen-bond acceptors (Lipinski definition) is 4. The second kappa shape index (κ2) is 5.09. The molecule has 0 aromatic carbocycles. The maximum Gasteiger partial charge on any atom is 0.263 e. The van der Waals surface area contributed by atoms with E-state index < -0.39 is 10.0 Å². The lowest BCUT2D eigenvalue weighted by atomic mass is 10.4. The number of sulfonamides is 1. The van der Waals surface area contributed by atoms with E-state index in [0.29, 0.717) is 11.5 Å². The molecule has 18 heavy (non-hydrogen) atoms. The Morgan fingerprint density at radius 3 is 2.72 bits per heavy atom. The second-order valence-electron chi connectivity index (χ2n) is 3.61. The Kier molecular flexibility index (Phi) is 3.52. The van der Waals surface area contributed by atoms with Gasteiger partial charge in [0.05, 0.1) is 11.9 Å². The lowest BCUT2D eigenvalue weighted by Crippen LogP contribution is -2.12. The van der Waals surface area contributed by atoms with Gasteiger partial charge in [-0.1, -0.05) is 0 Å². The number of aromatic amines is 1. The minimum atomic E-state index is -3.54. The molecule has 0 fully saturated rings. The highest BCUT2D eigenvalue weighted by atomic mass is 32.2. The minimum absolute atomic E-state index is 0.193. The molecule has 2 heterocycles. The van der Waals surface area contributed by atoms with Crippen LogP contribution in [0.3, 0.4) is 0 Å². The van der Waals surface area contributed by atoms with E-state index in [4.69, 9.17) is 0 Å². The number of H-pyrrole nitrogens is 1. The SMILES string of the molecule is CCNc1ccc(NS(=O)(=O)c2cc[nH]c2)cn1. The molecule has 3 N–H and O–H groups in total. The van der Waals surface area contributed by atoms with Gasteiger partial charge in [-0.2, -0.15) is 0 Å². The van der Waals surface area contributed by atoms with Gasteiger partial charge in [-0.05, 0) is 25.1 Å². The van der Waals surface area contributed by atoms with E-state index in [-0.39, 0.29) is 4.90 Å². The average molecular weight is 266 g/mol. The van der Waals surface area contributed by atoms with Gasteiger partial charge < -0.3 is 10.3 Å². The fourth-order valence-electron chi connectivity index (χ4n) is 1.43. The molecule has 2 aromatic heterocycles. The summed E-state index contributed by atoms with van der Waals surface area (Å²) in [5.41, 5.74) is 0.429. The lowest BCUT2D eigenvalue weighted by molar-refractivity contribution is 0.601. The Hall–Kier alpha value is -2.02. The maximum absolute atomic E-state index is 11.9. The summed E-state index contributed by atoms with van der Waals surface area (Å²) in [4.78, 5) is 6.98. The summed E-state index contributed by atoms with van der Waals surface area (Å²) in [5.74, 6) is 0.710. The molecule has 0 bridgehead atoms. The molecule has 2 aromatic rings. The van der Waals surface area contributed by atoms with Gasteiger partial charge in [-0.3, -0.25) is 4.72 Å². The van der Waals surface area contributed by atoms with Gasteiger partial charge >= 0.3 is 0 Å². The van der Waals surface area contributed by atoms with E-state index in [1.54, 1.807) is 18.3 Å². The molecule has 7 heteroatoms. The molecule has 2 rings (SSSR count). The number of aromatic nitrogens is 2. The molecule has 0 aliphatic rings. The summed E-state index contributed by atoms with van der Waals surface area (Å²) < 4.78 is 26.2. The normalized spacial score (nSPS) is 11.2. The second-order valence-corrected chi connectivity index (χ2v) is 5.30. The molecule has 0 unspecified atom stereocenters. The van der Waals surface area contributed by atoms with E-state index in [9.17, 15) is 8.42 Å². The van der Waals surface area contributed by atoms with Crippen molar-refractivity contribution in [3.05, 3.63) is 36.8 Å². The molecule has 0 radical (unpaired) electrons. The fraction of sp³-hybridized carbons (Fsp3) is 0.182. The maximum atomic E-state index is 11.9. The summed E-state index contributed by atoms with van der Waals surface area (Å²) in [6.07, 6.45) is 4.45. The Balaban J connectivity index is 2.14. The minimum Gasteiger partial charge on any atom is -0.370 e. The van der Waals surface area contributed by atoms with Crippen LogP contribution in [0, 0.1) is 0 Å². The van der Waals surface area contributed by atoms with Gasteiger partial charge in [0, 0.05) is 18.9 Å². The van der Waals surface area contributed by atoms with Crippen LogP contribution in [-0.4, -0.2) is 24.9 Å². The number of nitrogens with zero attached hydrogens (tertiary/aromatic N) is 1. The summed E-state index contributed by atoms with van der Waals surface area (Å²) in [5, 5.41) is 3.03. The third-order valence-corrected chi connectivity index (χ3v) is 3.63. The van der Waals surface area contributed by atoms with Crippen molar-refractivity contribution in [1.82, 2.24) is 9.97 Å². The van der Waals surface area contributed by atoms with Crippen molar-refractivity contribution in [2.75, 3.05) is 16.6 Å². The van der Waals surface area contributed by atoms with Crippen molar-refractivity contribution >= 4 is 21.5 Å². The first-order valence-electron chi connectivity index (χ1n) is 5.47. The third kappa shape index (κ3) is 2.80. The molecular formula is C11H14N4O2S. The summed E-state index contributed by atoms with van der Waals surface area (Å²) in [7, 11) is -3.54. The van der Waals surface area contributed by atoms with Crippen molar-refractivity contribution in [3.8, 4) is 0 Å². The zero-order valence-corrected chi connectivity index (χ0v) is 10.7. The quantitative estimate of drug-likeness (QED) is 0.768. The number of anilines is 2. The first-order valence-corrected chi connectivity index (χ1v) is 6.95. The third-order valence-electron chi connectivity index (χ3n) is 2.25. The lowest BCUT2D eigenvalue weighted by Gasteiger charge is -2.07. The first-order chi connectivity index (χ1) is 8.62. The zero-order chi connectivity index (χ0) is 13.0.